The predicted octanol–water partition coefficient (Wildman–Crippen LogP) is 5.87. The third kappa shape index (κ3) is 6.56. The zero-order valence-corrected chi connectivity index (χ0v) is 18.0. The van der Waals surface area contributed by atoms with Crippen molar-refractivity contribution in [1.82, 2.24) is 0 Å². The highest BCUT2D eigenvalue weighted by Gasteiger charge is 2.17. The Hall–Kier alpha value is -3.37. The van der Waals surface area contributed by atoms with Crippen molar-refractivity contribution >= 4 is 11.5 Å². The lowest BCUT2D eigenvalue weighted by Crippen LogP contribution is -2.26. The first kappa shape index (κ1) is 22.3. The van der Waals surface area contributed by atoms with Crippen LogP contribution in [0.25, 0.3) is 16.7 Å². The third-order valence-electron chi connectivity index (χ3n) is 5.07. The molecule has 0 saturated heterocycles. The Morgan fingerprint density at radius 2 is 1.58 bits per heavy atom. The van der Waals surface area contributed by atoms with Crippen molar-refractivity contribution in [1.29, 1.82) is 0 Å². The summed E-state index contributed by atoms with van der Waals surface area (Å²) in [5, 5.41) is 9.20. The van der Waals surface area contributed by atoms with Crippen molar-refractivity contribution < 1.29 is 19.4 Å². The molecule has 0 fully saturated rings. The van der Waals surface area contributed by atoms with E-state index in [1.165, 1.54) is 11.1 Å². The summed E-state index contributed by atoms with van der Waals surface area (Å²) in [6, 6.07) is 26.3. The summed E-state index contributed by atoms with van der Waals surface area (Å²) in [7, 11) is 0. The molecule has 160 valence electrons. The van der Waals surface area contributed by atoms with E-state index in [0.29, 0.717) is 19.6 Å². The molecule has 0 bridgehead atoms. The Morgan fingerprint density at radius 3 is 2.19 bits per heavy atom. The quantitative estimate of drug-likeness (QED) is 0.449. The minimum atomic E-state index is -0.945. The Balaban J connectivity index is 1.54. The van der Waals surface area contributed by atoms with Crippen LogP contribution in [0.1, 0.15) is 25.0 Å². The number of benzene rings is 3. The second-order valence-corrected chi connectivity index (χ2v) is 7.27. The van der Waals surface area contributed by atoms with Gasteiger partial charge in [-0.05, 0) is 59.9 Å². The molecule has 0 amide bonds. The van der Waals surface area contributed by atoms with Crippen molar-refractivity contribution in [3.05, 3.63) is 96.1 Å². The minimum absolute atomic E-state index is 0.335. The van der Waals surface area contributed by atoms with Crippen LogP contribution >= 0.6 is 0 Å². The number of ether oxygens (including phenoxy) is 2. The van der Waals surface area contributed by atoms with Gasteiger partial charge >= 0.3 is 5.97 Å². The fraction of sp³-hybridized carbons (Fsp3) is 0.222. The van der Waals surface area contributed by atoms with Gasteiger partial charge in [0.2, 0.25) is 0 Å². The predicted molar refractivity (Wildman–Crippen MR) is 124 cm³/mol. The average molecular weight is 417 g/mol. The summed E-state index contributed by atoms with van der Waals surface area (Å²) in [5.41, 5.74) is 5.62. The van der Waals surface area contributed by atoms with Crippen LogP contribution in [0.4, 0.5) is 0 Å². The molecule has 0 saturated carbocycles. The number of hydrogen-bond donors (Lipinski definition) is 1. The van der Waals surface area contributed by atoms with E-state index in [9.17, 15) is 9.90 Å². The second kappa shape index (κ2) is 11.1. The highest BCUT2D eigenvalue weighted by atomic mass is 16.5. The van der Waals surface area contributed by atoms with Gasteiger partial charge in [-0.1, -0.05) is 66.7 Å². The lowest BCUT2D eigenvalue weighted by atomic mass is 10.0. The van der Waals surface area contributed by atoms with Crippen LogP contribution < -0.4 is 4.74 Å². The summed E-state index contributed by atoms with van der Waals surface area (Å²) in [4.78, 5) is 11.2. The van der Waals surface area contributed by atoms with Gasteiger partial charge in [0.15, 0.2) is 6.10 Å². The van der Waals surface area contributed by atoms with Crippen LogP contribution in [0.5, 0.6) is 5.75 Å². The Morgan fingerprint density at radius 1 is 0.935 bits per heavy atom. The van der Waals surface area contributed by atoms with Gasteiger partial charge < -0.3 is 14.6 Å². The van der Waals surface area contributed by atoms with E-state index < -0.39 is 12.1 Å². The zero-order chi connectivity index (χ0) is 22.1. The van der Waals surface area contributed by atoms with Crippen LogP contribution in [0.3, 0.4) is 0 Å². The number of rotatable bonds is 10. The maximum absolute atomic E-state index is 11.2. The molecule has 0 aliphatic rings. The Bertz CT molecular complexity index is 990. The van der Waals surface area contributed by atoms with Crippen LogP contribution in [0.15, 0.2) is 84.9 Å². The maximum atomic E-state index is 11.2. The molecule has 0 radical (unpaired) electrons. The van der Waals surface area contributed by atoms with Crippen molar-refractivity contribution in [2.24, 2.45) is 0 Å². The Labute approximate surface area is 183 Å². The first-order valence-corrected chi connectivity index (χ1v) is 10.5. The molecule has 3 aromatic carbocycles. The number of carboxylic acids is 1. The number of carboxylic acid groups (broad SMARTS) is 1. The highest BCUT2D eigenvalue weighted by molar-refractivity contribution is 5.72. The molecule has 3 rings (SSSR count). The molecule has 4 heteroatoms. The lowest BCUT2D eigenvalue weighted by Gasteiger charge is -2.12. The molecule has 31 heavy (non-hydrogen) atoms. The normalized spacial score (nSPS) is 12.4. The molecule has 1 atom stereocenters. The smallest absolute Gasteiger partial charge is 0.333 e. The van der Waals surface area contributed by atoms with E-state index in [-0.39, 0.29) is 0 Å². The highest BCUT2D eigenvalue weighted by Crippen LogP contribution is 2.22. The van der Waals surface area contributed by atoms with E-state index in [0.717, 1.165) is 22.4 Å². The van der Waals surface area contributed by atoms with E-state index in [1.807, 2.05) is 42.5 Å². The molecular formula is C27H28O4. The molecule has 3 aromatic rings. The van der Waals surface area contributed by atoms with Crippen molar-refractivity contribution in [3.8, 4) is 16.9 Å². The number of carbonyl (C=O) groups is 1. The minimum Gasteiger partial charge on any atom is -0.490 e. The van der Waals surface area contributed by atoms with Crippen LogP contribution in [0, 0.1) is 0 Å². The van der Waals surface area contributed by atoms with Crippen molar-refractivity contribution in [2.75, 3.05) is 13.2 Å². The van der Waals surface area contributed by atoms with Crippen LogP contribution in [-0.2, 0) is 16.0 Å². The van der Waals surface area contributed by atoms with Gasteiger partial charge in [-0.15, -0.1) is 0 Å². The third-order valence-corrected chi connectivity index (χ3v) is 5.07. The van der Waals surface area contributed by atoms with Gasteiger partial charge in [-0.25, -0.2) is 4.79 Å². The van der Waals surface area contributed by atoms with Crippen molar-refractivity contribution in [3.63, 3.8) is 0 Å². The van der Waals surface area contributed by atoms with Gasteiger partial charge in [-0.2, -0.15) is 0 Å². The van der Waals surface area contributed by atoms with Gasteiger partial charge in [0, 0.05) is 13.0 Å². The summed E-state index contributed by atoms with van der Waals surface area (Å²) in [6.45, 7) is 4.70. The van der Waals surface area contributed by atoms with Gasteiger partial charge in [-0.3, -0.25) is 0 Å². The summed E-state index contributed by atoms with van der Waals surface area (Å²) in [5.74, 6) is -0.199. The zero-order valence-electron chi connectivity index (χ0n) is 18.0. The van der Waals surface area contributed by atoms with Crippen LogP contribution in [-0.4, -0.2) is 30.4 Å². The first-order valence-electron chi connectivity index (χ1n) is 10.5. The molecule has 0 aromatic heterocycles. The topological polar surface area (TPSA) is 55.8 Å². The molecule has 0 heterocycles. The number of hydrogen-bond acceptors (Lipinski definition) is 3. The molecule has 0 spiro atoms. The fourth-order valence-electron chi connectivity index (χ4n) is 3.29. The standard InChI is InChI=1S/C27H28O4/c1-3-30-26(27(28)29)19-21-9-15-25(16-10-21)31-18-17-20(2)22-11-13-24(14-12-22)23-7-5-4-6-8-23/h4-17,26H,3,18-19H2,1-2H3,(H,28,29). The average Bonchev–Trinajstić information content (AvgIpc) is 2.80. The maximum Gasteiger partial charge on any atom is 0.333 e. The molecule has 1 N–H and O–H groups in total. The number of aliphatic carboxylic acids is 1. The van der Waals surface area contributed by atoms with Gasteiger partial charge in [0.25, 0.3) is 0 Å². The summed E-state index contributed by atoms with van der Waals surface area (Å²) < 4.78 is 11.1. The largest absolute Gasteiger partial charge is 0.490 e. The van der Waals surface area contributed by atoms with Gasteiger partial charge in [0.1, 0.15) is 12.4 Å². The fourth-order valence-corrected chi connectivity index (χ4v) is 3.29. The molecule has 4 nitrogen and oxygen atoms in total. The summed E-state index contributed by atoms with van der Waals surface area (Å²) >= 11 is 0. The second-order valence-electron chi connectivity index (χ2n) is 7.27. The monoisotopic (exact) mass is 416 g/mol. The molecular weight excluding hydrogens is 388 g/mol. The molecule has 0 aliphatic heterocycles. The van der Waals surface area contributed by atoms with E-state index in [2.05, 4.69) is 49.4 Å². The van der Waals surface area contributed by atoms with E-state index >= 15 is 0 Å². The molecule has 1 unspecified atom stereocenters. The van der Waals surface area contributed by atoms with E-state index in [4.69, 9.17) is 9.47 Å². The molecule has 0 aliphatic carbocycles. The van der Waals surface area contributed by atoms with Crippen LogP contribution in [0.2, 0.25) is 0 Å². The van der Waals surface area contributed by atoms with E-state index in [1.54, 1.807) is 6.92 Å². The Kier molecular flexibility index (Phi) is 8.02. The SMILES string of the molecule is CCOC(Cc1ccc(OCC=C(C)c2ccc(-c3ccccc3)cc2)cc1)C(=O)O. The van der Waals surface area contributed by atoms with Crippen molar-refractivity contribution in [2.45, 2.75) is 26.4 Å². The van der Waals surface area contributed by atoms with Gasteiger partial charge in [0.05, 0.1) is 0 Å². The number of allylic oxidation sites excluding steroid dienone is 1. The summed E-state index contributed by atoms with van der Waals surface area (Å²) in [6.07, 6.45) is 1.57. The lowest BCUT2D eigenvalue weighted by molar-refractivity contribution is -0.149. The first-order chi connectivity index (χ1) is 15.1.